The Bertz CT molecular complexity index is 387. The third kappa shape index (κ3) is 2.67. The van der Waals surface area contributed by atoms with Gasteiger partial charge in [0.15, 0.2) is 0 Å². The molecule has 1 aliphatic rings. The zero-order valence-corrected chi connectivity index (χ0v) is 11.5. The van der Waals surface area contributed by atoms with Crippen LogP contribution < -0.4 is 5.73 Å². The third-order valence-corrected chi connectivity index (χ3v) is 4.37. The molecule has 0 spiro atoms. The van der Waals surface area contributed by atoms with Gasteiger partial charge >= 0.3 is 0 Å². The van der Waals surface area contributed by atoms with Crippen LogP contribution in [0.1, 0.15) is 51.0 Å². The molecule has 1 nitrogen and oxygen atoms in total. The van der Waals surface area contributed by atoms with Gasteiger partial charge in [0.05, 0.1) is 0 Å². The maximum absolute atomic E-state index is 6.56. The maximum atomic E-state index is 6.56. The van der Waals surface area contributed by atoms with Gasteiger partial charge in [0, 0.05) is 11.5 Å². The number of hydrogen-bond acceptors (Lipinski definition) is 1. The minimum Gasteiger partial charge on any atom is -0.327 e. The zero-order valence-electron chi connectivity index (χ0n) is 11.5. The molecule has 0 aromatic heterocycles. The van der Waals surface area contributed by atoms with Gasteiger partial charge in [-0.05, 0) is 31.7 Å². The monoisotopic (exact) mass is 243 g/mol. The van der Waals surface area contributed by atoms with E-state index in [-0.39, 0.29) is 11.5 Å². The minimum atomic E-state index is 0.179. The number of benzene rings is 1. The Kier molecular flexibility index (Phi) is 4.23. The molecule has 1 unspecified atom stereocenters. The van der Waals surface area contributed by atoms with Crippen molar-refractivity contribution in [3.8, 4) is 0 Å². The summed E-state index contributed by atoms with van der Waals surface area (Å²) < 4.78 is 0. The second-order valence-electron chi connectivity index (χ2n) is 5.85. The average molecular weight is 243 g/mol. The highest BCUT2D eigenvalue weighted by atomic mass is 14.7. The Balaban J connectivity index is 2.31. The van der Waals surface area contributed by atoms with Crippen molar-refractivity contribution in [3.05, 3.63) is 48.0 Å². The van der Waals surface area contributed by atoms with E-state index >= 15 is 0 Å². The van der Waals surface area contributed by atoms with Crippen molar-refractivity contribution in [2.45, 2.75) is 56.9 Å². The van der Waals surface area contributed by atoms with Crippen LogP contribution in [0, 0.1) is 0 Å². The molecule has 0 amide bonds. The molecule has 1 heteroatoms. The fourth-order valence-corrected chi connectivity index (χ4v) is 3.40. The topological polar surface area (TPSA) is 26.0 Å². The van der Waals surface area contributed by atoms with Gasteiger partial charge in [-0.25, -0.2) is 0 Å². The quantitative estimate of drug-likeness (QED) is 0.789. The van der Waals surface area contributed by atoms with Crippen LogP contribution in [0.15, 0.2) is 42.5 Å². The average Bonchev–Trinajstić information content (AvgIpc) is 2.40. The maximum Gasteiger partial charge on any atom is 0.0174 e. The summed E-state index contributed by atoms with van der Waals surface area (Å²) in [6, 6.07) is 11.1. The molecule has 0 aliphatic heterocycles. The summed E-state index contributed by atoms with van der Waals surface area (Å²) in [7, 11) is 0. The molecule has 1 aromatic carbocycles. The van der Waals surface area contributed by atoms with Crippen LogP contribution in [-0.2, 0) is 5.41 Å². The Morgan fingerprint density at radius 3 is 2.39 bits per heavy atom. The van der Waals surface area contributed by atoms with Gasteiger partial charge in [-0.15, -0.1) is 6.58 Å². The van der Waals surface area contributed by atoms with Gasteiger partial charge < -0.3 is 5.73 Å². The molecular weight excluding hydrogens is 218 g/mol. The molecule has 0 heterocycles. The van der Waals surface area contributed by atoms with Gasteiger partial charge in [0.2, 0.25) is 0 Å². The normalized spacial score (nSPS) is 20.3. The van der Waals surface area contributed by atoms with Crippen LogP contribution in [0.3, 0.4) is 0 Å². The Morgan fingerprint density at radius 2 is 1.83 bits per heavy atom. The van der Waals surface area contributed by atoms with Crippen LogP contribution in [0.25, 0.3) is 0 Å². The molecule has 98 valence electrons. The van der Waals surface area contributed by atoms with E-state index in [2.05, 4.69) is 43.8 Å². The van der Waals surface area contributed by atoms with Gasteiger partial charge in [-0.2, -0.15) is 0 Å². The van der Waals surface area contributed by atoms with Crippen LogP contribution in [0.2, 0.25) is 0 Å². The first-order valence-electron chi connectivity index (χ1n) is 7.11. The van der Waals surface area contributed by atoms with Crippen molar-refractivity contribution < 1.29 is 0 Å². The molecule has 18 heavy (non-hydrogen) atoms. The van der Waals surface area contributed by atoms with E-state index in [4.69, 9.17) is 5.73 Å². The van der Waals surface area contributed by atoms with Crippen molar-refractivity contribution in [1.82, 2.24) is 0 Å². The summed E-state index contributed by atoms with van der Waals surface area (Å²) in [5.74, 6) is 0. The van der Waals surface area contributed by atoms with Gasteiger partial charge in [0.25, 0.3) is 0 Å². The fourth-order valence-electron chi connectivity index (χ4n) is 3.40. The van der Waals surface area contributed by atoms with Crippen LogP contribution >= 0.6 is 0 Å². The lowest BCUT2D eigenvalue weighted by atomic mass is 9.64. The second-order valence-corrected chi connectivity index (χ2v) is 5.85. The highest BCUT2D eigenvalue weighted by molar-refractivity contribution is 5.29. The molecule has 0 radical (unpaired) electrons. The van der Waals surface area contributed by atoms with Crippen molar-refractivity contribution >= 4 is 0 Å². The van der Waals surface area contributed by atoms with Crippen molar-refractivity contribution in [2.75, 3.05) is 0 Å². The van der Waals surface area contributed by atoms with E-state index in [1.807, 2.05) is 0 Å². The molecular formula is C17H25N. The third-order valence-electron chi connectivity index (χ3n) is 4.37. The van der Waals surface area contributed by atoms with E-state index in [0.29, 0.717) is 0 Å². The van der Waals surface area contributed by atoms with Crippen molar-refractivity contribution in [1.29, 1.82) is 0 Å². The summed E-state index contributed by atoms with van der Waals surface area (Å²) in [5, 5.41) is 0. The summed E-state index contributed by atoms with van der Waals surface area (Å²) >= 11 is 0. The lowest BCUT2D eigenvalue weighted by Crippen LogP contribution is -2.47. The van der Waals surface area contributed by atoms with Crippen LogP contribution in [0.4, 0.5) is 0 Å². The molecule has 1 aromatic rings. The van der Waals surface area contributed by atoms with E-state index < -0.39 is 0 Å². The van der Waals surface area contributed by atoms with E-state index in [1.54, 1.807) is 0 Å². The van der Waals surface area contributed by atoms with Crippen LogP contribution in [0.5, 0.6) is 0 Å². The number of hydrogen-bond donors (Lipinski definition) is 1. The SMILES string of the molecule is C=C(C)CC(N)C1(c2ccccc2)CCCCC1. The predicted molar refractivity (Wildman–Crippen MR) is 78.6 cm³/mol. The lowest BCUT2D eigenvalue weighted by molar-refractivity contribution is 0.241. The van der Waals surface area contributed by atoms with Gasteiger partial charge in [0.1, 0.15) is 0 Å². The molecule has 0 saturated heterocycles. The first-order chi connectivity index (χ1) is 8.65. The van der Waals surface area contributed by atoms with Crippen LogP contribution in [-0.4, -0.2) is 6.04 Å². The summed E-state index contributed by atoms with van der Waals surface area (Å²) in [6.45, 7) is 6.12. The highest BCUT2D eigenvalue weighted by Gasteiger charge is 2.39. The standard InChI is InChI=1S/C17H25N/c1-14(2)13-16(18)17(11-7-4-8-12-17)15-9-5-3-6-10-15/h3,5-6,9-10,16H,1,4,7-8,11-13,18H2,2H3. The first kappa shape index (κ1) is 13.4. The predicted octanol–water partition coefficient (Wildman–Crippen LogP) is 4.18. The van der Waals surface area contributed by atoms with Gasteiger partial charge in [-0.1, -0.05) is 55.2 Å². The van der Waals surface area contributed by atoms with Crippen molar-refractivity contribution in [2.24, 2.45) is 5.73 Å². The number of nitrogens with two attached hydrogens (primary N) is 1. The first-order valence-corrected chi connectivity index (χ1v) is 7.11. The highest BCUT2D eigenvalue weighted by Crippen LogP contribution is 2.42. The Morgan fingerprint density at radius 1 is 1.22 bits per heavy atom. The lowest BCUT2D eigenvalue weighted by Gasteiger charge is -2.43. The fraction of sp³-hybridized carbons (Fsp3) is 0.529. The molecule has 1 aliphatic carbocycles. The molecule has 2 N–H and O–H groups in total. The molecule has 1 saturated carbocycles. The molecule has 0 bridgehead atoms. The van der Waals surface area contributed by atoms with E-state index in [1.165, 1.54) is 43.2 Å². The van der Waals surface area contributed by atoms with E-state index in [9.17, 15) is 0 Å². The molecule has 1 atom stereocenters. The minimum absolute atomic E-state index is 0.179. The molecule has 1 fully saturated rings. The smallest absolute Gasteiger partial charge is 0.0174 e. The summed E-state index contributed by atoms with van der Waals surface area (Å²) in [4.78, 5) is 0. The second kappa shape index (κ2) is 5.71. The molecule has 2 rings (SSSR count). The Hall–Kier alpha value is -1.08. The summed E-state index contributed by atoms with van der Waals surface area (Å²) in [5.41, 5.74) is 9.36. The van der Waals surface area contributed by atoms with Gasteiger partial charge in [-0.3, -0.25) is 0 Å². The van der Waals surface area contributed by atoms with Crippen molar-refractivity contribution in [3.63, 3.8) is 0 Å². The number of rotatable bonds is 4. The van der Waals surface area contributed by atoms with E-state index in [0.717, 1.165) is 6.42 Å². The Labute approximate surface area is 111 Å². The largest absolute Gasteiger partial charge is 0.327 e. The summed E-state index contributed by atoms with van der Waals surface area (Å²) in [6.07, 6.45) is 7.36. The zero-order chi connectivity index (χ0) is 13.0.